The van der Waals surface area contributed by atoms with E-state index in [4.69, 9.17) is 26.2 Å². The third kappa shape index (κ3) is 2.74. The van der Waals surface area contributed by atoms with Gasteiger partial charge in [0, 0.05) is 12.6 Å². The lowest BCUT2D eigenvalue weighted by molar-refractivity contribution is -0.146. The zero-order chi connectivity index (χ0) is 15.7. The number of benzene rings is 1. The van der Waals surface area contributed by atoms with Crippen LogP contribution in [0.5, 0.6) is 11.5 Å². The third-order valence-electron chi connectivity index (χ3n) is 3.69. The maximum absolute atomic E-state index is 12.1. The van der Waals surface area contributed by atoms with Crippen LogP contribution in [-0.4, -0.2) is 41.3 Å². The molecule has 1 saturated heterocycles. The van der Waals surface area contributed by atoms with Gasteiger partial charge in [-0.2, -0.15) is 0 Å². The number of halogens is 1. The van der Waals surface area contributed by atoms with Gasteiger partial charge in [-0.15, -0.1) is 0 Å². The summed E-state index contributed by atoms with van der Waals surface area (Å²) in [4.78, 5) is 24.6. The summed E-state index contributed by atoms with van der Waals surface area (Å²) in [5, 5.41) is 9.50. The maximum atomic E-state index is 12.1. The van der Waals surface area contributed by atoms with Crippen molar-refractivity contribution in [3.63, 3.8) is 0 Å². The van der Waals surface area contributed by atoms with Crippen molar-refractivity contribution in [1.82, 2.24) is 4.90 Å². The van der Waals surface area contributed by atoms with Gasteiger partial charge in [0.05, 0.1) is 5.02 Å². The fraction of sp³-hybridized carbons (Fsp3) is 0.333. The summed E-state index contributed by atoms with van der Waals surface area (Å²) < 4.78 is 10.5. The quantitative estimate of drug-likeness (QED) is 0.863. The van der Waals surface area contributed by atoms with Crippen molar-refractivity contribution in [2.45, 2.75) is 18.9 Å². The second-order valence-corrected chi connectivity index (χ2v) is 5.50. The van der Waals surface area contributed by atoms with Gasteiger partial charge in [-0.3, -0.25) is 4.79 Å². The van der Waals surface area contributed by atoms with E-state index in [-0.39, 0.29) is 12.7 Å². The third-order valence-corrected chi connectivity index (χ3v) is 3.97. The molecule has 1 fully saturated rings. The molecule has 2 heterocycles. The highest BCUT2D eigenvalue weighted by Crippen LogP contribution is 2.40. The van der Waals surface area contributed by atoms with Crippen molar-refractivity contribution >= 4 is 29.6 Å². The Labute approximate surface area is 131 Å². The molecule has 2 aliphatic heterocycles. The van der Waals surface area contributed by atoms with Gasteiger partial charge in [-0.1, -0.05) is 11.6 Å². The van der Waals surface area contributed by atoms with E-state index in [1.54, 1.807) is 18.2 Å². The Morgan fingerprint density at radius 3 is 2.95 bits per heavy atom. The highest BCUT2D eigenvalue weighted by Gasteiger charge is 2.32. The molecule has 3 rings (SSSR count). The van der Waals surface area contributed by atoms with E-state index in [1.807, 2.05) is 0 Å². The average Bonchev–Trinajstić information content (AvgIpc) is 3.13. The minimum atomic E-state index is -0.967. The summed E-state index contributed by atoms with van der Waals surface area (Å²) in [5.74, 6) is -0.260. The molecule has 0 radical (unpaired) electrons. The standard InChI is InChI=1S/C15H14ClNO5/c16-10-6-9(7-12-14(10)22-8-21-12)3-4-13(18)17-5-1-2-11(17)15(19)20/h3-4,6-7,11H,1-2,5,8H2,(H,19,20)/t11-/m1/s1. The van der Waals surface area contributed by atoms with Crippen molar-refractivity contribution < 1.29 is 24.2 Å². The Bertz CT molecular complexity index is 658. The van der Waals surface area contributed by atoms with Gasteiger partial charge in [-0.25, -0.2) is 4.79 Å². The Kier molecular flexibility index (Phi) is 3.94. The van der Waals surface area contributed by atoms with Crippen LogP contribution >= 0.6 is 11.6 Å². The first kappa shape index (κ1) is 14.7. The second-order valence-electron chi connectivity index (χ2n) is 5.10. The zero-order valence-corrected chi connectivity index (χ0v) is 12.4. The number of ether oxygens (including phenoxy) is 2. The molecule has 1 amide bonds. The van der Waals surface area contributed by atoms with E-state index < -0.39 is 12.0 Å². The van der Waals surface area contributed by atoms with E-state index in [9.17, 15) is 9.59 Å². The number of likely N-dealkylation sites (tertiary alicyclic amines) is 1. The number of carboxylic acids is 1. The van der Waals surface area contributed by atoms with Crippen LogP contribution in [0.1, 0.15) is 18.4 Å². The summed E-state index contributed by atoms with van der Waals surface area (Å²) in [6, 6.07) is 2.64. The van der Waals surface area contributed by atoms with Crippen molar-refractivity contribution in [2.24, 2.45) is 0 Å². The highest BCUT2D eigenvalue weighted by atomic mass is 35.5. The van der Waals surface area contributed by atoms with Gasteiger partial charge in [0.1, 0.15) is 6.04 Å². The molecular weight excluding hydrogens is 310 g/mol. The van der Waals surface area contributed by atoms with Crippen LogP contribution in [0.3, 0.4) is 0 Å². The minimum Gasteiger partial charge on any atom is -0.480 e. The van der Waals surface area contributed by atoms with Gasteiger partial charge in [0.15, 0.2) is 11.5 Å². The topological polar surface area (TPSA) is 76.1 Å². The lowest BCUT2D eigenvalue weighted by Crippen LogP contribution is -2.39. The lowest BCUT2D eigenvalue weighted by atomic mass is 10.1. The van der Waals surface area contributed by atoms with Gasteiger partial charge < -0.3 is 19.5 Å². The van der Waals surface area contributed by atoms with Crippen LogP contribution in [0.25, 0.3) is 6.08 Å². The molecule has 0 bridgehead atoms. The number of nitrogens with zero attached hydrogens (tertiary/aromatic N) is 1. The largest absolute Gasteiger partial charge is 0.480 e. The number of carbonyl (C=O) groups is 2. The van der Waals surface area contributed by atoms with Gasteiger partial charge in [-0.05, 0) is 36.6 Å². The molecule has 7 heteroatoms. The summed E-state index contributed by atoms with van der Waals surface area (Å²) in [6.45, 7) is 0.581. The molecule has 2 aliphatic rings. The average molecular weight is 324 g/mol. The fourth-order valence-corrected chi connectivity index (χ4v) is 2.91. The molecule has 1 N–H and O–H groups in total. The van der Waals surface area contributed by atoms with Crippen molar-refractivity contribution in [3.05, 3.63) is 28.8 Å². The van der Waals surface area contributed by atoms with Crippen molar-refractivity contribution in [3.8, 4) is 11.5 Å². The molecule has 6 nitrogen and oxygen atoms in total. The monoisotopic (exact) mass is 323 g/mol. The summed E-state index contributed by atoms with van der Waals surface area (Å²) in [7, 11) is 0. The second kappa shape index (κ2) is 5.88. The van der Waals surface area contributed by atoms with E-state index in [1.165, 1.54) is 11.0 Å². The molecule has 0 aliphatic carbocycles. The molecule has 0 aromatic heterocycles. The number of carboxylic acid groups (broad SMARTS) is 1. The Morgan fingerprint density at radius 2 is 2.18 bits per heavy atom. The predicted octanol–water partition coefficient (Wildman–Crippen LogP) is 2.16. The first-order valence-corrected chi connectivity index (χ1v) is 7.24. The fourth-order valence-electron chi connectivity index (χ4n) is 2.63. The first-order valence-electron chi connectivity index (χ1n) is 6.87. The highest BCUT2D eigenvalue weighted by molar-refractivity contribution is 6.32. The van der Waals surface area contributed by atoms with Gasteiger partial charge in [0.25, 0.3) is 0 Å². The molecule has 0 saturated carbocycles. The predicted molar refractivity (Wildman–Crippen MR) is 79.0 cm³/mol. The Morgan fingerprint density at radius 1 is 1.36 bits per heavy atom. The van der Waals surface area contributed by atoms with E-state index in [0.717, 1.165) is 0 Å². The summed E-state index contributed by atoms with van der Waals surface area (Å²) >= 11 is 6.07. The SMILES string of the molecule is O=C(O)[C@H]1CCCN1C(=O)C=Cc1cc(Cl)c2c(c1)OCO2. The Balaban J connectivity index is 1.75. The lowest BCUT2D eigenvalue weighted by Gasteiger charge is -2.19. The summed E-state index contributed by atoms with van der Waals surface area (Å²) in [5.41, 5.74) is 0.689. The molecule has 1 aromatic rings. The number of rotatable bonds is 3. The van der Waals surface area contributed by atoms with E-state index >= 15 is 0 Å². The van der Waals surface area contributed by atoms with E-state index in [2.05, 4.69) is 0 Å². The van der Waals surface area contributed by atoms with Gasteiger partial charge in [0.2, 0.25) is 12.7 Å². The van der Waals surface area contributed by atoms with Crippen LogP contribution < -0.4 is 9.47 Å². The molecule has 116 valence electrons. The molecule has 1 atom stereocenters. The number of amides is 1. The van der Waals surface area contributed by atoms with Crippen LogP contribution in [0.4, 0.5) is 0 Å². The smallest absolute Gasteiger partial charge is 0.326 e. The molecule has 22 heavy (non-hydrogen) atoms. The van der Waals surface area contributed by atoms with Crippen LogP contribution in [0, 0.1) is 0 Å². The summed E-state index contributed by atoms with van der Waals surface area (Å²) in [6.07, 6.45) is 4.14. The molecule has 0 spiro atoms. The number of aliphatic carboxylic acids is 1. The minimum absolute atomic E-state index is 0.120. The normalized spacial score (nSPS) is 19.9. The molecule has 1 aromatic carbocycles. The van der Waals surface area contributed by atoms with Crippen molar-refractivity contribution in [2.75, 3.05) is 13.3 Å². The number of fused-ring (bicyclic) bond motifs is 1. The maximum Gasteiger partial charge on any atom is 0.326 e. The van der Waals surface area contributed by atoms with Crippen LogP contribution in [0.15, 0.2) is 18.2 Å². The van der Waals surface area contributed by atoms with E-state index in [0.29, 0.717) is 41.5 Å². The number of hydrogen-bond donors (Lipinski definition) is 1. The van der Waals surface area contributed by atoms with Crippen LogP contribution in [-0.2, 0) is 9.59 Å². The van der Waals surface area contributed by atoms with Crippen molar-refractivity contribution in [1.29, 1.82) is 0 Å². The Hall–Kier alpha value is -2.21. The van der Waals surface area contributed by atoms with Gasteiger partial charge >= 0.3 is 5.97 Å². The first-order chi connectivity index (χ1) is 10.6. The zero-order valence-electron chi connectivity index (χ0n) is 11.6. The molecular formula is C15H14ClNO5. The number of carbonyl (C=O) groups excluding carboxylic acids is 1. The molecule has 0 unspecified atom stereocenters. The number of hydrogen-bond acceptors (Lipinski definition) is 4. The van der Waals surface area contributed by atoms with Crippen LogP contribution in [0.2, 0.25) is 5.02 Å².